The van der Waals surface area contributed by atoms with Crippen molar-refractivity contribution in [1.29, 1.82) is 5.41 Å². The lowest BCUT2D eigenvalue weighted by Crippen LogP contribution is -2.68. The van der Waals surface area contributed by atoms with Gasteiger partial charge in [0, 0.05) is 37.2 Å². The number of carbonyl (C=O) groups is 2. The van der Waals surface area contributed by atoms with Crippen LogP contribution < -0.4 is 16.4 Å². The lowest BCUT2D eigenvalue weighted by molar-refractivity contribution is -0.173. The van der Waals surface area contributed by atoms with E-state index in [4.69, 9.17) is 34.3 Å². The molecular weight excluding hydrogens is 477 g/mol. The maximum atomic E-state index is 13.4. The van der Waals surface area contributed by atoms with Crippen LogP contribution >= 0.6 is 23.2 Å². The Labute approximate surface area is 190 Å². The van der Waals surface area contributed by atoms with Crippen LogP contribution in [-0.2, 0) is 4.79 Å². The SMILES string of the molecule is N=C(/C(C(N)=O)=C1/CN(C(=O)NC2(C(F)F)CC(F)(F)C2)CCN1)c1ccc(Cl)c(Cl)c1. The fraction of sp³-hybridized carbons (Fsp3) is 0.421. The fourth-order valence-electron chi connectivity index (χ4n) is 3.69. The molecule has 0 aromatic heterocycles. The molecule has 0 bridgehead atoms. The van der Waals surface area contributed by atoms with E-state index in [-0.39, 0.29) is 52.2 Å². The van der Waals surface area contributed by atoms with E-state index in [1.807, 2.05) is 5.32 Å². The second-order valence-electron chi connectivity index (χ2n) is 7.67. The number of carbonyl (C=O) groups excluding carboxylic acids is 2. The minimum Gasteiger partial charge on any atom is -0.384 e. The summed E-state index contributed by atoms with van der Waals surface area (Å²) in [4.78, 5) is 25.8. The maximum absolute atomic E-state index is 13.4. The number of amides is 3. The lowest BCUT2D eigenvalue weighted by Gasteiger charge is -2.47. The van der Waals surface area contributed by atoms with E-state index in [0.29, 0.717) is 0 Å². The van der Waals surface area contributed by atoms with Gasteiger partial charge in [-0.25, -0.2) is 22.4 Å². The quantitative estimate of drug-likeness (QED) is 0.286. The topological polar surface area (TPSA) is 111 Å². The molecule has 2 fully saturated rings. The van der Waals surface area contributed by atoms with Gasteiger partial charge in [-0.05, 0) is 12.1 Å². The molecule has 1 heterocycles. The van der Waals surface area contributed by atoms with Crippen molar-refractivity contribution in [2.24, 2.45) is 5.73 Å². The van der Waals surface area contributed by atoms with Crippen LogP contribution in [0.15, 0.2) is 29.5 Å². The number of nitrogens with zero attached hydrogens (tertiary/aromatic N) is 1. The monoisotopic (exact) mass is 495 g/mol. The first-order valence-electron chi connectivity index (χ1n) is 9.39. The average molecular weight is 496 g/mol. The number of benzene rings is 1. The van der Waals surface area contributed by atoms with Gasteiger partial charge in [0.2, 0.25) is 0 Å². The Morgan fingerprint density at radius 1 is 1.22 bits per heavy atom. The molecule has 1 saturated heterocycles. The number of rotatable bonds is 5. The Morgan fingerprint density at radius 2 is 1.88 bits per heavy atom. The number of hydrogen-bond donors (Lipinski definition) is 4. The molecule has 0 unspecified atom stereocenters. The Morgan fingerprint density at radius 3 is 2.41 bits per heavy atom. The third kappa shape index (κ3) is 4.78. The molecule has 1 saturated carbocycles. The van der Waals surface area contributed by atoms with Gasteiger partial charge in [-0.15, -0.1) is 0 Å². The van der Waals surface area contributed by atoms with Crippen LogP contribution in [-0.4, -0.2) is 60.1 Å². The summed E-state index contributed by atoms with van der Waals surface area (Å²) >= 11 is 11.8. The Bertz CT molecular complexity index is 994. The summed E-state index contributed by atoms with van der Waals surface area (Å²) in [6, 6.07) is 3.27. The van der Waals surface area contributed by atoms with E-state index in [1.54, 1.807) is 0 Å². The van der Waals surface area contributed by atoms with E-state index in [0.717, 1.165) is 4.90 Å². The summed E-state index contributed by atoms with van der Waals surface area (Å²) in [5.41, 5.74) is 2.97. The van der Waals surface area contributed by atoms with Gasteiger partial charge in [-0.1, -0.05) is 29.3 Å². The molecule has 1 aliphatic carbocycles. The molecule has 3 rings (SSSR count). The lowest BCUT2D eigenvalue weighted by atomic mass is 9.73. The van der Waals surface area contributed by atoms with Crippen LogP contribution in [0.5, 0.6) is 0 Å². The third-order valence-corrected chi connectivity index (χ3v) is 6.02. The van der Waals surface area contributed by atoms with Crippen LogP contribution in [0.25, 0.3) is 0 Å². The zero-order valence-electron chi connectivity index (χ0n) is 16.5. The number of halogens is 6. The minimum atomic E-state index is -3.27. The van der Waals surface area contributed by atoms with Gasteiger partial charge in [0.25, 0.3) is 18.3 Å². The van der Waals surface area contributed by atoms with Crippen molar-refractivity contribution in [1.82, 2.24) is 15.5 Å². The predicted octanol–water partition coefficient (Wildman–Crippen LogP) is 3.15. The molecule has 7 nitrogen and oxygen atoms in total. The molecule has 13 heteroatoms. The number of nitrogens with two attached hydrogens (primary N) is 1. The first-order valence-corrected chi connectivity index (χ1v) is 10.1. The predicted molar refractivity (Wildman–Crippen MR) is 111 cm³/mol. The van der Waals surface area contributed by atoms with Gasteiger partial charge in [-0.3, -0.25) is 10.2 Å². The van der Waals surface area contributed by atoms with Crippen LogP contribution in [0.3, 0.4) is 0 Å². The Balaban J connectivity index is 1.83. The van der Waals surface area contributed by atoms with Crippen molar-refractivity contribution in [3.05, 3.63) is 45.1 Å². The second-order valence-corrected chi connectivity index (χ2v) is 8.48. The molecule has 0 spiro atoms. The van der Waals surface area contributed by atoms with Gasteiger partial charge >= 0.3 is 6.03 Å². The van der Waals surface area contributed by atoms with Crippen LogP contribution in [0, 0.1) is 5.41 Å². The van der Waals surface area contributed by atoms with Crippen molar-refractivity contribution in [2.75, 3.05) is 19.6 Å². The van der Waals surface area contributed by atoms with Crippen molar-refractivity contribution in [3.8, 4) is 0 Å². The number of urea groups is 1. The first kappa shape index (κ1) is 24.1. The standard InChI is InChI=1S/C19H19Cl2F4N5O2/c20-10-2-1-9(5-11(10)21)14(26)13(15(27)31)12-6-30(4-3-28-12)17(32)29-18(16(22)23)7-19(24,25)8-18/h1-2,5,16,26,28H,3-4,6-8H2,(H2,27,31)(H,29,32)/b13-12+,26-14?. The average Bonchev–Trinajstić information content (AvgIpc) is 2.68. The number of hydrogen-bond acceptors (Lipinski definition) is 4. The van der Waals surface area contributed by atoms with E-state index >= 15 is 0 Å². The molecule has 1 aromatic rings. The van der Waals surface area contributed by atoms with Crippen molar-refractivity contribution >= 4 is 40.9 Å². The summed E-state index contributed by atoms with van der Waals surface area (Å²) in [5.74, 6) is -4.24. The number of piperazine rings is 1. The number of alkyl halides is 4. The summed E-state index contributed by atoms with van der Waals surface area (Å²) in [5, 5.41) is 13.7. The molecule has 3 amide bonds. The molecule has 2 aliphatic rings. The van der Waals surface area contributed by atoms with Crippen molar-refractivity contribution in [2.45, 2.75) is 30.7 Å². The number of nitrogens with one attached hydrogen (secondary N) is 3. The minimum absolute atomic E-state index is 0.0528. The Hall–Kier alpha value is -2.53. The molecule has 0 atom stereocenters. The van der Waals surface area contributed by atoms with E-state index in [2.05, 4.69) is 5.32 Å². The molecule has 1 aliphatic heterocycles. The largest absolute Gasteiger partial charge is 0.384 e. The van der Waals surface area contributed by atoms with Gasteiger partial charge in [0.05, 0.1) is 27.9 Å². The highest BCUT2D eigenvalue weighted by Crippen LogP contribution is 2.48. The zero-order chi connectivity index (χ0) is 23.8. The summed E-state index contributed by atoms with van der Waals surface area (Å²) in [6.45, 7) is -0.104. The van der Waals surface area contributed by atoms with Crippen molar-refractivity contribution < 1.29 is 27.2 Å². The molecule has 174 valence electrons. The highest BCUT2D eigenvalue weighted by atomic mass is 35.5. The highest BCUT2D eigenvalue weighted by Gasteiger charge is 2.62. The van der Waals surface area contributed by atoms with Crippen LogP contribution in [0.4, 0.5) is 22.4 Å². The first-order chi connectivity index (χ1) is 14.8. The summed E-state index contributed by atoms with van der Waals surface area (Å²) in [7, 11) is 0. The van der Waals surface area contributed by atoms with Gasteiger partial charge in [-0.2, -0.15) is 0 Å². The second kappa shape index (κ2) is 8.78. The van der Waals surface area contributed by atoms with Gasteiger partial charge in [0.15, 0.2) is 0 Å². The van der Waals surface area contributed by atoms with Gasteiger partial charge < -0.3 is 21.3 Å². The maximum Gasteiger partial charge on any atom is 0.318 e. The van der Waals surface area contributed by atoms with Gasteiger partial charge in [0.1, 0.15) is 5.54 Å². The zero-order valence-corrected chi connectivity index (χ0v) is 18.0. The Kier molecular flexibility index (Phi) is 6.62. The highest BCUT2D eigenvalue weighted by molar-refractivity contribution is 6.42. The summed E-state index contributed by atoms with van der Waals surface area (Å²) < 4.78 is 53.2. The van der Waals surface area contributed by atoms with Crippen LogP contribution in [0.1, 0.15) is 18.4 Å². The smallest absolute Gasteiger partial charge is 0.318 e. The normalized spacial score (nSPS) is 20.8. The van der Waals surface area contributed by atoms with E-state index in [1.165, 1.54) is 18.2 Å². The molecule has 32 heavy (non-hydrogen) atoms. The molecule has 0 radical (unpaired) electrons. The molecular formula is C19H19Cl2F4N5O2. The van der Waals surface area contributed by atoms with E-state index < -0.39 is 42.7 Å². The third-order valence-electron chi connectivity index (χ3n) is 5.28. The van der Waals surface area contributed by atoms with Crippen LogP contribution in [0.2, 0.25) is 10.0 Å². The van der Waals surface area contributed by atoms with E-state index in [9.17, 15) is 27.2 Å². The molecule has 1 aromatic carbocycles. The summed E-state index contributed by atoms with van der Waals surface area (Å²) in [6.07, 6.45) is -5.49. The molecule has 5 N–H and O–H groups in total. The number of primary amides is 1. The fourth-order valence-corrected chi connectivity index (χ4v) is 3.99. The van der Waals surface area contributed by atoms with Crippen molar-refractivity contribution in [3.63, 3.8) is 0 Å².